The molecule has 0 radical (unpaired) electrons. The molecular formula is C18H30N4O3. The van der Waals surface area contributed by atoms with Gasteiger partial charge in [-0.05, 0) is 57.2 Å². The van der Waals surface area contributed by atoms with Crippen LogP contribution in [0.25, 0.3) is 0 Å². The van der Waals surface area contributed by atoms with Crippen molar-refractivity contribution in [1.29, 1.82) is 5.41 Å². The van der Waals surface area contributed by atoms with Crippen molar-refractivity contribution in [3.63, 3.8) is 0 Å². The Bertz CT molecular complexity index is 662. The van der Waals surface area contributed by atoms with Gasteiger partial charge in [0.05, 0.1) is 19.8 Å². The first kappa shape index (κ1) is 19.3. The monoisotopic (exact) mass is 350 g/mol. The van der Waals surface area contributed by atoms with E-state index in [-0.39, 0.29) is 11.6 Å². The van der Waals surface area contributed by atoms with Gasteiger partial charge in [-0.2, -0.15) is 0 Å². The molecule has 1 heterocycles. The number of hydrogen-bond donors (Lipinski definition) is 4. The number of nitrogens with zero attached hydrogens (tertiary/aromatic N) is 1. The van der Waals surface area contributed by atoms with Crippen molar-refractivity contribution in [2.24, 2.45) is 11.6 Å². The first-order chi connectivity index (χ1) is 11.7. The summed E-state index contributed by atoms with van der Waals surface area (Å²) in [6, 6.07) is 0. The Balaban J connectivity index is 1.96. The summed E-state index contributed by atoms with van der Waals surface area (Å²) in [4.78, 5) is 0. The van der Waals surface area contributed by atoms with Gasteiger partial charge in [0.2, 0.25) is 5.96 Å². The minimum absolute atomic E-state index is 0.174. The van der Waals surface area contributed by atoms with Crippen molar-refractivity contribution in [1.82, 2.24) is 5.01 Å². The first-order valence-electron chi connectivity index (χ1n) is 8.61. The number of phenols is 1. The van der Waals surface area contributed by atoms with E-state index in [4.69, 9.17) is 26.5 Å². The lowest BCUT2D eigenvalue weighted by molar-refractivity contribution is 0.0165. The van der Waals surface area contributed by atoms with Crippen LogP contribution in [0, 0.1) is 26.2 Å². The first-order valence-corrected chi connectivity index (χ1v) is 8.61. The Labute approximate surface area is 149 Å². The van der Waals surface area contributed by atoms with Crippen LogP contribution in [0.15, 0.2) is 0 Å². The minimum Gasteiger partial charge on any atom is -0.507 e. The van der Waals surface area contributed by atoms with Crippen LogP contribution in [-0.4, -0.2) is 41.4 Å². The molecule has 25 heavy (non-hydrogen) atoms. The molecule has 1 aliphatic heterocycles. The van der Waals surface area contributed by atoms with Crippen LogP contribution in [0.4, 0.5) is 0 Å². The zero-order valence-electron chi connectivity index (χ0n) is 15.6. The second-order valence-electron chi connectivity index (χ2n) is 7.02. The maximum absolute atomic E-state index is 10.2. The molecule has 0 spiro atoms. The summed E-state index contributed by atoms with van der Waals surface area (Å²) >= 11 is 0. The van der Waals surface area contributed by atoms with Gasteiger partial charge in [-0.3, -0.25) is 10.4 Å². The van der Waals surface area contributed by atoms with E-state index in [1.54, 1.807) is 0 Å². The highest BCUT2D eigenvalue weighted by atomic mass is 16.5. The summed E-state index contributed by atoms with van der Waals surface area (Å²) in [5, 5.41) is 18.6. The Kier molecular flexibility index (Phi) is 5.80. The van der Waals surface area contributed by atoms with Gasteiger partial charge in [-0.25, -0.2) is 5.84 Å². The second-order valence-corrected chi connectivity index (χ2v) is 7.02. The van der Waals surface area contributed by atoms with Gasteiger partial charge in [-0.1, -0.05) is 0 Å². The molecule has 0 saturated carbocycles. The Morgan fingerprint density at radius 3 is 2.60 bits per heavy atom. The number of ether oxygens (including phenoxy) is 2. The summed E-state index contributed by atoms with van der Waals surface area (Å²) in [6.45, 7) is 9.30. The molecule has 0 saturated heterocycles. The molecule has 0 aliphatic carbocycles. The highest BCUT2D eigenvalue weighted by molar-refractivity contribution is 5.73. The Morgan fingerprint density at radius 1 is 1.28 bits per heavy atom. The number of nitrogens with two attached hydrogens (primary N) is 2. The fourth-order valence-corrected chi connectivity index (χ4v) is 3.14. The molecule has 2 rings (SSSR count). The van der Waals surface area contributed by atoms with Crippen molar-refractivity contribution >= 4 is 5.96 Å². The predicted molar refractivity (Wildman–Crippen MR) is 97.9 cm³/mol. The average Bonchev–Trinajstić information content (AvgIpc) is 2.57. The van der Waals surface area contributed by atoms with Crippen molar-refractivity contribution in [3.05, 3.63) is 22.3 Å². The molecule has 1 aliphatic rings. The van der Waals surface area contributed by atoms with Crippen molar-refractivity contribution in [2.75, 3.05) is 19.8 Å². The molecule has 1 aromatic rings. The maximum atomic E-state index is 10.2. The van der Waals surface area contributed by atoms with Gasteiger partial charge >= 0.3 is 0 Å². The molecule has 7 nitrogen and oxygen atoms in total. The van der Waals surface area contributed by atoms with Crippen LogP contribution >= 0.6 is 0 Å². The zero-order chi connectivity index (χ0) is 18.8. The highest BCUT2D eigenvalue weighted by Crippen LogP contribution is 2.43. The van der Waals surface area contributed by atoms with E-state index in [0.29, 0.717) is 25.5 Å². The number of nitrogens with one attached hydrogen (secondary N) is 1. The van der Waals surface area contributed by atoms with Crippen molar-refractivity contribution < 1.29 is 14.6 Å². The van der Waals surface area contributed by atoms with Gasteiger partial charge in [-0.15, -0.1) is 0 Å². The van der Waals surface area contributed by atoms with Crippen LogP contribution in [0.3, 0.4) is 0 Å². The zero-order valence-corrected chi connectivity index (χ0v) is 15.6. The molecule has 0 aromatic heterocycles. The topological polar surface area (TPSA) is 118 Å². The molecule has 6 N–H and O–H groups in total. The lowest BCUT2D eigenvalue weighted by Crippen LogP contribution is -2.44. The second kappa shape index (κ2) is 7.49. The molecule has 1 atom stereocenters. The van der Waals surface area contributed by atoms with Gasteiger partial charge < -0.3 is 20.3 Å². The van der Waals surface area contributed by atoms with Crippen LogP contribution in [0.5, 0.6) is 11.5 Å². The average molecular weight is 350 g/mol. The third kappa shape index (κ3) is 4.16. The minimum atomic E-state index is -0.295. The fraction of sp³-hybridized carbons (Fsp3) is 0.611. The molecule has 1 unspecified atom stereocenters. The lowest BCUT2D eigenvalue weighted by atomic mass is 9.86. The maximum Gasteiger partial charge on any atom is 0.202 e. The number of hydrogen-bond acceptors (Lipinski definition) is 5. The van der Waals surface area contributed by atoms with E-state index in [2.05, 4.69) is 6.92 Å². The van der Waals surface area contributed by atoms with E-state index >= 15 is 0 Å². The molecule has 140 valence electrons. The molecule has 7 heteroatoms. The molecule has 0 amide bonds. The van der Waals surface area contributed by atoms with E-state index in [1.807, 2.05) is 20.8 Å². The Morgan fingerprint density at radius 2 is 1.96 bits per heavy atom. The van der Waals surface area contributed by atoms with Crippen LogP contribution in [0.1, 0.15) is 42.0 Å². The summed E-state index contributed by atoms with van der Waals surface area (Å²) in [5.74, 6) is 6.65. The van der Waals surface area contributed by atoms with Gasteiger partial charge in [0.25, 0.3) is 0 Å². The number of aromatic hydroxyl groups is 1. The lowest BCUT2D eigenvalue weighted by Gasteiger charge is -2.38. The molecular weight excluding hydrogens is 320 g/mol. The van der Waals surface area contributed by atoms with E-state index < -0.39 is 0 Å². The summed E-state index contributed by atoms with van der Waals surface area (Å²) in [6.07, 6.45) is 2.52. The summed E-state index contributed by atoms with van der Waals surface area (Å²) < 4.78 is 12.0. The van der Waals surface area contributed by atoms with Crippen LogP contribution in [0.2, 0.25) is 0 Å². The highest BCUT2D eigenvalue weighted by Gasteiger charge is 2.34. The van der Waals surface area contributed by atoms with Gasteiger partial charge in [0, 0.05) is 12.0 Å². The fourth-order valence-electron chi connectivity index (χ4n) is 3.14. The number of rotatable bonds is 6. The van der Waals surface area contributed by atoms with Gasteiger partial charge in [0.1, 0.15) is 17.1 Å². The summed E-state index contributed by atoms with van der Waals surface area (Å²) in [5.41, 5.74) is 8.89. The smallest absolute Gasteiger partial charge is 0.202 e. The largest absolute Gasteiger partial charge is 0.507 e. The SMILES string of the molecule is Cc1c(C)c2c(c(C)c1O)CCC(C)(CCOCCN(N)C(=N)N)O2. The predicted octanol–water partition coefficient (Wildman–Crippen LogP) is 1.88. The molecule has 0 fully saturated rings. The van der Waals surface area contributed by atoms with Gasteiger partial charge in [0.15, 0.2) is 0 Å². The number of guanidine groups is 1. The molecule has 1 aromatic carbocycles. The van der Waals surface area contributed by atoms with E-state index in [0.717, 1.165) is 52.3 Å². The standard InChI is InChI=1S/C18H30N4O3/c1-11-12(2)16-14(13(3)15(11)23)5-6-18(4,25-16)7-9-24-10-8-22(21)17(19)20/h23H,5-10,21H2,1-4H3,(H3,19,20). The Hall–Kier alpha value is -1.99. The number of benzene rings is 1. The van der Waals surface area contributed by atoms with E-state index in [1.165, 1.54) is 0 Å². The third-order valence-corrected chi connectivity index (χ3v) is 5.15. The summed E-state index contributed by atoms with van der Waals surface area (Å²) in [7, 11) is 0. The van der Waals surface area contributed by atoms with Crippen molar-refractivity contribution in [2.45, 2.75) is 52.6 Å². The van der Waals surface area contributed by atoms with E-state index in [9.17, 15) is 5.11 Å². The third-order valence-electron chi connectivity index (χ3n) is 5.15. The quantitative estimate of drug-likeness (QED) is 0.205. The van der Waals surface area contributed by atoms with Crippen molar-refractivity contribution in [3.8, 4) is 11.5 Å². The normalized spacial score (nSPS) is 19.2. The van der Waals surface area contributed by atoms with Crippen LogP contribution < -0.4 is 16.3 Å². The number of hydrazine groups is 1. The van der Waals surface area contributed by atoms with Crippen LogP contribution in [-0.2, 0) is 11.2 Å². The number of phenolic OH excluding ortho intramolecular Hbond substituents is 1. The number of fused-ring (bicyclic) bond motifs is 1. The molecule has 0 bridgehead atoms.